The third-order valence-electron chi connectivity index (χ3n) is 4.68. The number of piperazine rings is 1. The van der Waals surface area contributed by atoms with Crippen molar-refractivity contribution in [3.05, 3.63) is 11.6 Å². The molecule has 1 atom stereocenters. The topological polar surface area (TPSA) is 44.8 Å². The molecule has 1 unspecified atom stereocenters. The molecule has 1 aliphatic rings. The molecule has 1 aliphatic heterocycles. The highest BCUT2D eigenvalue weighted by atomic mass is 16.5. The van der Waals surface area contributed by atoms with Gasteiger partial charge < -0.3 is 15.0 Å². The van der Waals surface area contributed by atoms with Gasteiger partial charge in [-0.25, -0.2) is 0 Å². The Morgan fingerprint density at radius 1 is 1.32 bits per heavy atom. The van der Waals surface area contributed by atoms with Gasteiger partial charge in [0.1, 0.15) is 0 Å². The van der Waals surface area contributed by atoms with E-state index in [1.165, 1.54) is 0 Å². The van der Waals surface area contributed by atoms with Crippen molar-refractivity contribution in [1.82, 2.24) is 15.1 Å². The van der Waals surface area contributed by atoms with Gasteiger partial charge in [-0.05, 0) is 41.2 Å². The van der Waals surface area contributed by atoms with Crippen LogP contribution in [0.25, 0.3) is 0 Å². The second-order valence-electron chi connectivity index (χ2n) is 6.39. The lowest BCUT2D eigenvalue weighted by atomic mass is 9.94. The summed E-state index contributed by atoms with van der Waals surface area (Å²) in [6.45, 7) is 14.4. The number of nitrogens with zero attached hydrogens (tertiary/aromatic N) is 2. The molecular formula is C17H33N3O2. The van der Waals surface area contributed by atoms with E-state index in [1.807, 2.05) is 26.8 Å². The average Bonchev–Trinajstić information content (AvgIpc) is 2.52. The Bertz CT molecular complexity index is 376. The van der Waals surface area contributed by atoms with E-state index in [0.717, 1.165) is 51.4 Å². The van der Waals surface area contributed by atoms with Crippen LogP contribution in [-0.2, 0) is 9.53 Å². The Balaban J connectivity index is 2.66. The van der Waals surface area contributed by atoms with E-state index >= 15 is 0 Å². The molecule has 0 saturated carbocycles. The van der Waals surface area contributed by atoms with E-state index in [4.69, 9.17) is 4.74 Å². The summed E-state index contributed by atoms with van der Waals surface area (Å²) in [5.74, 6) is 0.0271. The van der Waals surface area contributed by atoms with Gasteiger partial charge in [-0.3, -0.25) is 9.69 Å². The highest BCUT2D eigenvalue weighted by Crippen LogP contribution is 2.21. The maximum absolute atomic E-state index is 12.0. The molecule has 1 heterocycles. The number of carbonyl (C=O) groups is 1. The van der Waals surface area contributed by atoms with Crippen LogP contribution in [0.2, 0.25) is 0 Å². The molecule has 22 heavy (non-hydrogen) atoms. The molecule has 0 spiro atoms. The number of carbonyl (C=O) groups excluding carboxylic acids is 1. The number of rotatable bonds is 8. The van der Waals surface area contributed by atoms with E-state index < -0.39 is 0 Å². The zero-order chi connectivity index (χ0) is 16.6. The molecule has 0 aromatic rings. The Hall–Kier alpha value is -0.910. The maximum atomic E-state index is 12.0. The van der Waals surface area contributed by atoms with Gasteiger partial charge in [0.05, 0.1) is 0 Å². The zero-order valence-electron chi connectivity index (χ0n) is 14.9. The van der Waals surface area contributed by atoms with Gasteiger partial charge in [0.25, 0.3) is 0 Å². The van der Waals surface area contributed by atoms with Crippen molar-refractivity contribution in [2.24, 2.45) is 0 Å². The molecule has 1 rings (SSSR count). The average molecular weight is 311 g/mol. The van der Waals surface area contributed by atoms with Crippen LogP contribution in [0.5, 0.6) is 0 Å². The van der Waals surface area contributed by atoms with Crippen molar-refractivity contribution in [2.45, 2.75) is 39.7 Å². The normalized spacial score (nSPS) is 20.7. The SMILES string of the molecule is C/C=C(\C)C(=O)NCC(C)(CCOCC)N1CCN(C)CC1. The molecule has 0 bridgehead atoms. The van der Waals surface area contributed by atoms with Crippen LogP contribution >= 0.6 is 0 Å². The number of allylic oxidation sites excluding steroid dienone is 1. The Kier molecular flexibility index (Phi) is 8.07. The first-order chi connectivity index (χ1) is 10.4. The predicted octanol–water partition coefficient (Wildman–Crippen LogP) is 1.50. The second kappa shape index (κ2) is 9.28. The molecule has 128 valence electrons. The Morgan fingerprint density at radius 3 is 2.50 bits per heavy atom. The smallest absolute Gasteiger partial charge is 0.246 e. The Morgan fingerprint density at radius 2 is 1.95 bits per heavy atom. The molecule has 0 aromatic carbocycles. The molecule has 0 aromatic heterocycles. The number of hydrogen-bond acceptors (Lipinski definition) is 4. The monoisotopic (exact) mass is 311 g/mol. The third kappa shape index (κ3) is 5.71. The molecule has 0 radical (unpaired) electrons. The molecule has 1 N–H and O–H groups in total. The van der Waals surface area contributed by atoms with Crippen molar-refractivity contribution < 1.29 is 9.53 Å². The first kappa shape index (κ1) is 19.1. The molecule has 1 amide bonds. The van der Waals surface area contributed by atoms with Crippen LogP contribution < -0.4 is 5.32 Å². The Labute approximate surface area is 135 Å². The summed E-state index contributed by atoms with van der Waals surface area (Å²) >= 11 is 0. The fourth-order valence-corrected chi connectivity index (χ4v) is 2.68. The van der Waals surface area contributed by atoms with Crippen molar-refractivity contribution in [1.29, 1.82) is 0 Å². The van der Waals surface area contributed by atoms with Gasteiger partial charge in [-0.15, -0.1) is 0 Å². The number of nitrogens with one attached hydrogen (secondary N) is 1. The number of ether oxygens (including phenoxy) is 1. The summed E-state index contributed by atoms with van der Waals surface area (Å²) < 4.78 is 5.56. The van der Waals surface area contributed by atoms with Crippen LogP contribution in [0.15, 0.2) is 11.6 Å². The summed E-state index contributed by atoms with van der Waals surface area (Å²) in [5.41, 5.74) is 0.714. The van der Waals surface area contributed by atoms with E-state index in [-0.39, 0.29) is 11.4 Å². The summed E-state index contributed by atoms with van der Waals surface area (Å²) in [5, 5.41) is 3.09. The molecule has 5 heteroatoms. The quantitative estimate of drug-likeness (QED) is 0.545. The minimum absolute atomic E-state index is 0.0271. The first-order valence-corrected chi connectivity index (χ1v) is 8.35. The lowest BCUT2D eigenvalue weighted by Crippen LogP contribution is -2.59. The fourth-order valence-electron chi connectivity index (χ4n) is 2.68. The van der Waals surface area contributed by atoms with Crippen molar-refractivity contribution in [3.63, 3.8) is 0 Å². The van der Waals surface area contributed by atoms with Crippen LogP contribution in [0, 0.1) is 0 Å². The minimum atomic E-state index is -0.0554. The number of amides is 1. The summed E-state index contributed by atoms with van der Waals surface area (Å²) in [6, 6.07) is 0. The largest absolute Gasteiger partial charge is 0.382 e. The van der Waals surface area contributed by atoms with E-state index in [0.29, 0.717) is 6.54 Å². The maximum Gasteiger partial charge on any atom is 0.246 e. The van der Waals surface area contributed by atoms with Crippen LogP contribution in [0.4, 0.5) is 0 Å². The van der Waals surface area contributed by atoms with Crippen LogP contribution in [0.1, 0.15) is 34.1 Å². The second-order valence-corrected chi connectivity index (χ2v) is 6.39. The van der Waals surface area contributed by atoms with Crippen LogP contribution in [0.3, 0.4) is 0 Å². The fraction of sp³-hybridized carbons (Fsp3) is 0.824. The van der Waals surface area contributed by atoms with Gasteiger partial charge in [0, 0.05) is 57.0 Å². The molecule has 5 nitrogen and oxygen atoms in total. The molecule has 1 fully saturated rings. The van der Waals surface area contributed by atoms with Gasteiger partial charge in [-0.2, -0.15) is 0 Å². The number of hydrogen-bond donors (Lipinski definition) is 1. The van der Waals surface area contributed by atoms with E-state index in [2.05, 4.69) is 29.1 Å². The van der Waals surface area contributed by atoms with Gasteiger partial charge in [0.15, 0.2) is 0 Å². The third-order valence-corrected chi connectivity index (χ3v) is 4.68. The van der Waals surface area contributed by atoms with Crippen molar-refractivity contribution in [2.75, 3.05) is 53.0 Å². The van der Waals surface area contributed by atoms with Gasteiger partial charge >= 0.3 is 0 Å². The summed E-state index contributed by atoms with van der Waals surface area (Å²) in [7, 11) is 2.16. The van der Waals surface area contributed by atoms with Crippen LogP contribution in [-0.4, -0.2) is 74.2 Å². The summed E-state index contributed by atoms with van der Waals surface area (Å²) in [4.78, 5) is 16.9. The van der Waals surface area contributed by atoms with Crippen molar-refractivity contribution in [3.8, 4) is 0 Å². The van der Waals surface area contributed by atoms with E-state index in [9.17, 15) is 4.79 Å². The molecule has 1 saturated heterocycles. The minimum Gasteiger partial charge on any atom is -0.382 e. The lowest BCUT2D eigenvalue weighted by Gasteiger charge is -2.45. The van der Waals surface area contributed by atoms with Crippen molar-refractivity contribution >= 4 is 5.91 Å². The zero-order valence-corrected chi connectivity index (χ0v) is 14.9. The first-order valence-electron chi connectivity index (χ1n) is 8.35. The van der Waals surface area contributed by atoms with E-state index in [1.54, 1.807) is 0 Å². The highest BCUT2D eigenvalue weighted by Gasteiger charge is 2.33. The van der Waals surface area contributed by atoms with Gasteiger partial charge in [-0.1, -0.05) is 6.08 Å². The van der Waals surface area contributed by atoms with Gasteiger partial charge in [0.2, 0.25) is 5.91 Å². The standard InChI is InChI=1S/C17H33N3O2/c1-6-15(3)16(21)18-14-17(4,8-13-22-7-2)20-11-9-19(5)10-12-20/h6H,7-14H2,1-5H3,(H,18,21)/b15-6+. The highest BCUT2D eigenvalue weighted by molar-refractivity contribution is 5.92. The molecular weight excluding hydrogens is 278 g/mol. The number of likely N-dealkylation sites (N-methyl/N-ethyl adjacent to an activating group) is 1. The predicted molar refractivity (Wildman–Crippen MR) is 91.0 cm³/mol. The summed E-state index contributed by atoms with van der Waals surface area (Å²) in [6.07, 6.45) is 2.78. The lowest BCUT2D eigenvalue weighted by molar-refractivity contribution is -0.118. The molecule has 0 aliphatic carbocycles.